The smallest absolute Gasteiger partial charge is 0.269 e. The van der Waals surface area contributed by atoms with E-state index in [1.54, 1.807) is 0 Å². The topological polar surface area (TPSA) is 34.9 Å². The van der Waals surface area contributed by atoms with Gasteiger partial charge in [-0.1, -0.05) is 34.8 Å². The number of alkyl halides is 3. The Hall–Kier alpha value is -1.24. The first-order chi connectivity index (χ1) is 9.20. The molecular weight excluding hydrogens is 339 g/mol. The molecule has 0 aliphatic rings. The largest absolute Gasteiger partial charge is 0.433 e. The second-order valence-corrected chi connectivity index (χ2v) is 4.95. The molecule has 0 aliphatic heterocycles. The second kappa shape index (κ2) is 5.27. The molecule has 20 heavy (non-hydrogen) atoms. The minimum Gasteiger partial charge on any atom is -0.269 e. The van der Waals surface area contributed by atoms with Gasteiger partial charge in [-0.2, -0.15) is 13.2 Å². The van der Waals surface area contributed by atoms with Gasteiger partial charge in [0.25, 0.3) is 5.56 Å². The molecule has 0 aliphatic carbocycles. The maximum absolute atomic E-state index is 12.4. The van der Waals surface area contributed by atoms with E-state index in [4.69, 9.17) is 34.8 Å². The first-order valence-corrected chi connectivity index (χ1v) is 6.14. The summed E-state index contributed by atoms with van der Waals surface area (Å²) >= 11 is 17.5. The normalized spacial score (nSPS) is 11.7. The van der Waals surface area contributed by atoms with Crippen LogP contribution in [0.1, 0.15) is 5.69 Å². The molecule has 0 radical (unpaired) electrons. The first kappa shape index (κ1) is 15.2. The molecule has 1 heterocycles. The van der Waals surface area contributed by atoms with E-state index in [9.17, 15) is 18.0 Å². The standard InChI is InChI=1S/C11H4Cl3F3N2O/c12-5-1-6(13)10(7(14)2-5)19-4-18-8(3-9(19)20)11(15,16)17/h1-4H. The first-order valence-electron chi connectivity index (χ1n) is 5.01. The lowest BCUT2D eigenvalue weighted by atomic mass is 10.3. The third-order valence-corrected chi connectivity index (χ3v) is 3.12. The maximum atomic E-state index is 12.4. The van der Waals surface area contributed by atoms with Crippen LogP contribution in [0.3, 0.4) is 0 Å². The van der Waals surface area contributed by atoms with Crippen molar-refractivity contribution in [3.63, 3.8) is 0 Å². The van der Waals surface area contributed by atoms with Crippen LogP contribution in [0.15, 0.2) is 29.3 Å². The Balaban J connectivity index is 2.64. The zero-order chi connectivity index (χ0) is 15.1. The Kier molecular flexibility index (Phi) is 4.00. The molecule has 0 fully saturated rings. The number of hydrogen-bond acceptors (Lipinski definition) is 2. The highest BCUT2D eigenvalue weighted by Crippen LogP contribution is 2.32. The lowest BCUT2D eigenvalue weighted by molar-refractivity contribution is -0.141. The molecule has 9 heteroatoms. The SMILES string of the molecule is O=c1cc(C(F)(F)F)ncn1-c1c(Cl)cc(Cl)cc1Cl. The molecule has 0 spiro atoms. The Morgan fingerprint density at radius 2 is 1.60 bits per heavy atom. The fourth-order valence-electron chi connectivity index (χ4n) is 1.49. The molecule has 0 bridgehead atoms. The van der Waals surface area contributed by atoms with Gasteiger partial charge >= 0.3 is 6.18 Å². The van der Waals surface area contributed by atoms with Crippen molar-refractivity contribution >= 4 is 34.8 Å². The molecule has 0 atom stereocenters. The number of benzene rings is 1. The van der Waals surface area contributed by atoms with Gasteiger partial charge in [-0.25, -0.2) is 4.98 Å². The molecule has 1 aromatic carbocycles. The van der Waals surface area contributed by atoms with Gasteiger partial charge in [-0.05, 0) is 12.1 Å². The van der Waals surface area contributed by atoms with Gasteiger partial charge < -0.3 is 0 Å². The van der Waals surface area contributed by atoms with Gasteiger partial charge in [0.05, 0.1) is 15.7 Å². The molecule has 0 saturated carbocycles. The Morgan fingerprint density at radius 3 is 2.05 bits per heavy atom. The van der Waals surface area contributed by atoms with E-state index in [1.807, 2.05) is 0 Å². The third kappa shape index (κ3) is 2.92. The Labute approximate surface area is 125 Å². The van der Waals surface area contributed by atoms with E-state index in [2.05, 4.69) is 4.98 Å². The monoisotopic (exact) mass is 342 g/mol. The molecule has 0 unspecified atom stereocenters. The number of aromatic nitrogens is 2. The van der Waals surface area contributed by atoms with Crippen LogP contribution in [0.2, 0.25) is 15.1 Å². The molecule has 0 N–H and O–H groups in total. The van der Waals surface area contributed by atoms with Crippen molar-refractivity contribution in [1.82, 2.24) is 9.55 Å². The summed E-state index contributed by atoms with van der Waals surface area (Å²) in [7, 11) is 0. The van der Waals surface area contributed by atoms with Crippen molar-refractivity contribution in [3.05, 3.63) is 55.6 Å². The van der Waals surface area contributed by atoms with E-state index < -0.39 is 17.4 Å². The summed E-state index contributed by atoms with van der Waals surface area (Å²) in [6.45, 7) is 0. The molecular formula is C11H4Cl3F3N2O. The average molecular weight is 344 g/mol. The van der Waals surface area contributed by atoms with Gasteiger partial charge in [0.2, 0.25) is 0 Å². The fourth-order valence-corrected chi connectivity index (χ4v) is 2.49. The van der Waals surface area contributed by atoms with Crippen LogP contribution in [0.4, 0.5) is 13.2 Å². The summed E-state index contributed by atoms with van der Waals surface area (Å²) in [5.74, 6) is 0. The van der Waals surface area contributed by atoms with E-state index in [0.717, 1.165) is 4.57 Å². The van der Waals surface area contributed by atoms with Crippen LogP contribution < -0.4 is 5.56 Å². The van der Waals surface area contributed by atoms with Crippen molar-refractivity contribution in [1.29, 1.82) is 0 Å². The summed E-state index contributed by atoms with van der Waals surface area (Å²) < 4.78 is 38.1. The predicted octanol–water partition coefficient (Wildman–Crippen LogP) is 4.21. The van der Waals surface area contributed by atoms with E-state index >= 15 is 0 Å². The molecule has 2 aromatic rings. The van der Waals surface area contributed by atoms with Crippen molar-refractivity contribution in [3.8, 4) is 5.69 Å². The number of halogens is 6. The molecule has 106 valence electrons. The fraction of sp³-hybridized carbons (Fsp3) is 0.0909. The Bertz CT molecular complexity index is 705. The number of rotatable bonds is 1. The molecule has 3 nitrogen and oxygen atoms in total. The number of nitrogens with zero attached hydrogens (tertiary/aromatic N) is 2. The number of hydrogen-bond donors (Lipinski definition) is 0. The van der Waals surface area contributed by atoms with Gasteiger partial charge in [0.15, 0.2) is 5.69 Å². The molecule has 2 rings (SSSR count). The van der Waals surface area contributed by atoms with Gasteiger partial charge in [-0.3, -0.25) is 9.36 Å². The van der Waals surface area contributed by atoms with Gasteiger partial charge in [0, 0.05) is 11.1 Å². The van der Waals surface area contributed by atoms with Crippen LogP contribution in [-0.4, -0.2) is 9.55 Å². The maximum Gasteiger partial charge on any atom is 0.433 e. The zero-order valence-corrected chi connectivity index (χ0v) is 11.6. The molecule has 1 aromatic heterocycles. The highest BCUT2D eigenvalue weighted by molar-refractivity contribution is 6.40. The van der Waals surface area contributed by atoms with Crippen LogP contribution >= 0.6 is 34.8 Å². The summed E-state index contributed by atoms with van der Waals surface area (Å²) in [5.41, 5.74) is -2.23. The minimum atomic E-state index is -4.70. The lowest BCUT2D eigenvalue weighted by Gasteiger charge is -2.11. The highest BCUT2D eigenvalue weighted by atomic mass is 35.5. The summed E-state index contributed by atoms with van der Waals surface area (Å²) in [4.78, 5) is 14.9. The minimum absolute atomic E-state index is 0.0176. The van der Waals surface area contributed by atoms with Gasteiger partial charge in [-0.15, -0.1) is 0 Å². The average Bonchev–Trinajstić information content (AvgIpc) is 2.28. The van der Waals surface area contributed by atoms with Crippen molar-refractivity contribution in [2.24, 2.45) is 0 Å². The van der Waals surface area contributed by atoms with Crippen LogP contribution in [0, 0.1) is 0 Å². The van der Waals surface area contributed by atoms with Crippen LogP contribution in [0.25, 0.3) is 5.69 Å². The Morgan fingerprint density at radius 1 is 1.05 bits per heavy atom. The van der Waals surface area contributed by atoms with Crippen molar-refractivity contribution in [2.75, 3.05) is 0 Å². The predicted molar refractivity (Wildman–Crippen MR) is 69.9 cm³/mol. The third-order valence-electron chi connectivity index (χ3n) is 2.32. The zero-order valence-electron chi connectivity index (χ0n) is 9.38. The van der Waals surface area contributed by atoms with Crippen molar-refractivity contribution < 1.29 is 13.2 Å². The highest BCUT2D eigenvalue weighted by Gasteiger charge is 2.33. The van der Waals surface area contributed by atoms with Crippen molar-refractivity contribution in [2.45, 2.75) is 6.18 Å². The van der Waals surface area contributed by atoms with Crippen LogP contribution in [-0.2, 0) is 6.18 Å². The quantitative estimate of drug-likeness (QED) is 0.777. The van der Waals surface area contributed by atoms with E-state index in [1.165, 1.54) is 12.1 Å². The van der Waals surface area contributed by atoms with Gasteiger partial charge in [0.1, 0.15) is 6.33 Å². The summed E-state index contributed by atoms with van der Waals surface area (Å²) in [6.07, 6.45) is -3.99. The van der Waals surface area contributed by atoms with E-state index in [0.29, 0.717) is 12.4 Å². The van der Waals surface area contributed by atoms with E-state index in [-0.39, 0.29) is 20.8 Å². The lowest BCUT2D eigenvalue weighted by Crippen LogP contribution is -2.22. The van der Waals surface area contributed by atoms with Crippen LogP contribution in [0.5, 0.6) is 0 Å². The summed E-state index contributed by atoms with van der Waals surface area (Å²) in [5, 5.41) is 0.272. The molecule has 0 saturated heterocycles. The summed E-state index contributed by atoms with van der Waals surface area (Å²) in [6, 6.07) is 2.99. The second-order valence-electron chi connectivity index (χ2n) is 3.70. The molecule has 0 amide bonds.